The van der Waals surface area contributed by atoms with Gasteiger partial charge in [0.1, 0.15) is 17.2 Å². The maximum absolute atomic E-state index is 12.2. The Labute approximate surface area is 150 Å². The highest BCUT2D eigenvalue weighted by Gasteiger charge is 2.13. The summed E-state index contributed by atoms with van der Waals surface area (Å²) in [6, 6.07) is 16.4. The third kappa shape index (κ3) is 3.89. The highest BCUT2D eigenvalue weighted by Crippen LogP contribution is 2.28. The highest BCUT2D eigenvalue weighted by atomic mass is 16.5. The lowest BCUT2D eigenvalue weighted by atomic mass is 10.1. The van der Waals surface area contributed by atoms with Gasteiger partial charge < -0.3 is 9.47 Å². The van der Waals surface area contributed by atoms with E-state index in [0.29, 0.717) is 17.1 Å². The molecular weight excluding hydrogens is 332 g/mol. The number of hydrogen-bond donors (Lipinski definition) is 2. The Morgan fingerprint density at radius 2 is 1.88 bits per heavy atom. The van der Waals surface area contributed by atoms with Crippen molar-refractivity contribution in [3.05, 3.63) is 65.9 Å². The third-order valence-corrected chi connectivity index (χ3v) is 3.70. The molecule has 0 unspecified atom stereocenters. The summed E-state index contributed by atoms with van der Waals surface area (Å²) in [4.78, 5) is 12.2. The molecule has 132 valence electrons. The van der Waals surface area contributed by atoms with Gasteiger partial charge in [0, 0.05) is 5.56 Å². The molecule has 0 aliphatic heterocycles. The second-order valence-electron chi connectivity index (χ2n) is 5.34. The number of nitrogens with zero attached hydrogens (tertiary/aromatic N) is 2. The smallest absolute Gasteiger partial charge is 0.289 e. The summed E-state index contributed by atoms with van der Waals surface area (Å²) < 4.78 is 10.4. The van der Waals surface area contributed by atoms with Gasteiger partial charge in [-0.3, -0.25) is 9.89 Å². The van der Waals surface area contributed by atoms with Crippen LogP contribution < -0.4 is 14.9 Å². The van der Waals surface area contributed by atoms with Crippen LogP contribution in [0.25, 0.3) is 11.3 Å². The molecule has 0 saturated heterocycles. The van der Waals surface area contributed by atoms with Crippen molar-refractivity contribution >= 4 is 12.1 Å². The molecule has 0 saturated carbocycles. The fourth-order valence-electron chi connectivity index (χ4n) is 2.35. The van der Waals surface area contributed by atoms with Crippen molar-refractivity contribution in [2.24, 2.45) is 5.10 Å². The number of para-hydroxylation sites is 1. The van der Waals surface area contributed by atoms with Gasteiger partial charge in [-0.2, -0.15) is 10.2 Å². The summed E-state index contributed by atoms with van der Waals surface area (Å²) in [5.41, 5.74) is 5.02. The maximum Gasteiger partial charge on any atom is 0.289 e. The number of aromatic amines is 1. The molecule has 2 N–H and O–H groups in total. The summed E-state index contributed by atoms with van der Waals surface area (Å²) in [6.45, 7) is 0. The van der Waals surface area contributed by atoms with Crippen molar-refractivity contribution in [3.63, 3.8) is 0 Å². The van der Waals surface area contributed by atoms with Gasteiger partial charge in [-0.05, 0) is 48.0 Å². The van der Waals surface area contributed by atoms with Crippen LogP contribution in [0.3, 0.4) is 0 Å². The fourth-order valence-corrected chi connectivity index (χ4v) is 2.35. The lowest BCUT2D eigenvalue weighted by Gasteiger charge is -2.04. The molecule has 1 amide bonds. The SMILES string of the molecule is COc1ccc(C=NNC(=O)c2cc(-c3ccccc3OC)n[nH]2)cc1. The number of ether oxygens (including phenoxy) is 2. The molecule has 0 spiro atoms. The number of hydrogen-bond acceptors (Lipinski definition) is 5. The molecule has 0 atom stereocenters. The number of amides is 1. The van der Waals surface area contributed by atoms with E-state index in [1.807, 2.05) is 48.5 Å². The van der Waals surface area contributed by atoms with Crippen molar-refractivity contribution in [1.29, 1.82) is 0 Å². The predicted octanol–water partition coefficient (Wildman–Crippen LogP) is 2.86. The Bertz CT molecular complexity index is 917. The van der Waals surface area contributed by atoms with Crippen molar-refractivity contribution in [2.75, 3.05) is 14.2 Å². The number of methoxy groups -OCH3 is 2. The van der Waals surface area contributed by atoms with Crippen LogP contribution >= 0.6 is 0 Å². The second kappa shape index (κ2) is 7.98. The Hall–Kier alpha value is -3.61. The normalized spacial score (nSPS) is 10.7. The molecule has 1 heterocycles. The number of H-pyrrole nitrogens is 1. The molecule has 0 aliphatic rings. The van der Waals surface area contributed by atoms with E-state index in [1.165, 1.54) is 0 Å². The van der Waals surface area contributed by atoms with E-state index in [1.54, 1.807) is 26.5 Å². The first kappa shape index (κ1) is 17.2. The molecular formula is C19H18N4O3. The van der Waals surface area contributed by atoms with Gasteiger partial charge in [-0.25, -0.2) is 5.43 Å². The van der Waals surface area contributed by atoms with E-state index in [9.17, 15) is 4.79 Å². The zero-order chi connectivity index (χ0) is 18.4. The average Bonchev–Trinajstić information content (AvgIpc) is 3.18. The first-order chi connectivity index (χ1) is 12.7. The molecule has 1 aromatic heterocycles. The maximum atomic E-state index is 12.2. The number of nitrogens with one attached hydrogen (secondary N) is 2. The predicted molar refractivity (Wildman–Crippen MR) is 98.6 cm³/mol. The summed E-state index contributed by atoms with van der Waals surface area (Å²) in [6.07, 6.45) is 1.55. The monoisotopic (exact) mass is 350 g/mol. The van der Waals surface area contributed by atoms with Gasteiger partial charge in [-0.15, -0.1) is 0 Å². The molecule has 0 bridgehead atoms. The van der Waals surface area contributed by atoms with Crippen LogP contribution in [-0.2, 0) is 0 Å². The van der Waals surface area contributed by atoms with Gasteiger partial charge in [0.25, 0.3) is 5.91 Å². The van der Waals surface area contributed by atoms with Crippen molar-refractivity contribution < 1.29 is 14.3 Å². The molecule has 0 fully saturated rings. The summed E-state index contributed by atoms with van der Waals surface area (Å²) in [5, 5.41) is 10.8. The summed E-state index contributed by atoms with van der Waals surface area (Å²) in [7, 11) is 3.19. The first-order valence-electron chi connectivity index (χ1n) is 7.87. The number of benzene rings is 2. The minimum absolute atomic E-state index is 0.304. The van der Waals surface area contributed by atoms with Crippen LogP contribution in [-0.4, -0.2) is 36.5 Å². The van der Waals surface area contributed by atoms with Gasteiger partial charge in [0.2, 0.25) is 0 Å². The molecule has 7 nitrogen and oxygen atoms in total. The van der Waals surface area contributed by atoms with E-state index in [0.717, 1.165) is 16.9 Å². The Morgan fingerprint density at radius 1 is 1.12 bits per heavy atom. The largest absolute Gasteiger partial charge is 0.497 e. The number of carbonyl (C=O) groups is 1. The van der Waals surface area contributed by atoms with E-state index < -0.39 is 0 Å². The van der Waals surface area contributed by atoms with Gasteiger partial charge in [0.15, 0.2) is 0 Å². The highest BCUT2D eigenvalue weighted by molar-refractivity contribution is 5.94. The van der Waals surface area contributed by atoms with Crippen LogP contribution in [0.1, 0.15) is 16.1 Å². The molecule has 2 aromatic carbocycles. The number of rotatable bonds is 6. The average molecular weight is 350 g/mol. The molecule has 3 aromatic rings. The van der Waals surface area contributed by atoms with Crippen molar-refractivity contribution in [2.45, 2.75) is 0 Å². The Balaban J connectivity index is 1.67. The zero-order valence-corrected chi connectivity index (χ0v) is 14.4. The fraction of sp³-hybridized carbons (Fsp3) is 0.105. The van der Waals surface area contributed by atoms with E-state index in [4.69, 9.17) is 9.47 Å². The lowest BCUT2D eigenvalue weighted by molar-refractivity contribution is 0.0950. The molecule has 3 rings (SSSR count). The minimum Gasteiger partial charge on any atom is -0.497 e. The molecule has 0 aliphatic carbocycles. The topological polar surface area (TPSA) is 88.6 Å². The minimum atomic E-state index is -0.386. The van der Waals surface area contributed by atoms with E-state index in [2.05, 4.69) is 20.7 Å². The summed E-state index contributed by atoms with van der Waals surface area (Å²) in [5.74, 6) is 1.06. The second-order valence-corrected chi connectivity index (χ2v) is 5.34. The Morgan fingerprint density at radius 3 is 2.62 bits per heavy atom. The standard InChI is InChI=1S/C19H18N4O3/c1-25-14-9-7-13(8-10-14)12-20-23-19(24)17-11-16(21-22-17)15-5-3-4-6-18(15)26-2/h3-12H,1-2H3,(H,21,22)(H,23,24). The van der Waals surface area contributed by atoms with Gasteiger partial charge in [-0.1, -0.05) is 12.1 Å². The quantitative estimate of drug-likeness (QED) is 0.528. The zero-order valence-electron chi connectivity index (χ0n) is 14.4. The van der Waals surface area contributed by atoms with Crippen molar-refractivity contribution in [3.8, 4) is 22.8 Å². The van der Waals surface area contributed by atoms with Crippen LogP contribution in [0.15, 0.2) is 59.7 Å². The van der Waals surface area contributed by atoms with Gasteiger partial charge in [0.05, 0.1) is 26.1 Å². The molecule has 26 heavy (non-hydrogen) atoms. The van der Waals surface area contributed by atoms with Crippen LogP contribution in [0.2, 0.25) is 0 Å². The third-order valence-electron chi connectivity index (χ3n) is 3.70. The molecule has 0 radical (unpaired) electrons. The van der Waals surface area contributed by atoms with E-state index in [-0.39, 0.29) is 5.91 Å². The van der Waals surface area contributed by atoms with Crippen molar-refractivity contribution in [1.82, 2.24) is 15.6 Å². The lowest BCUT2D eigenvalue weighted by Crippen LogP contribution is -2.17. The van der Waals surface area contributed by atoms with Gasteiger partial charge >= 0.3 is 0 Å². The van der Waals surface area contributed by atoms with Crippen LogP contribution in [0, 0.1) is 0 Å². The number of aromatic nitrogens is 2. The number of carbonyl (C=O) groups excluding carboxylic acids is 1. The van der Waals surface area contributed by atoms with E-state index >= 15 is 0 Å². The van der Waals surface area contributed by atoms with Crippen LogP contribution in [0.5, 0.6) is 11.5 Å². The summed E-state index contributed by atoms with van der Waals surface area (Å²) >= 11 is 0. The van der Waals surface area contributed by atoms with Crippen LogP contribution in [0.4, 0.5) is 0 Å². The molecule has 7 heteroatoms. The number of hydrazone groups is 1. The Kier molecular flexibility index (Phi) is 5.28. The first-order valence-corrected chi connectivity index (χ1v) is 7.87.